The van der Waals surface area contributed by atoms with Crippen LogP contribution in [0.4, 0.5) is 0 Å². The van der Waals surface area contributed by atoms with Crippen LogP contribution in [0.3, 0.4) is 0 Å². The average Bonchev–Trinajstić information content (AvgIpc) is 0.678. The number of ketones is 3. The second kappa shape index (κ2) is 39.3. The zero-order valence-electron chi connectivity index (χ0n) is 98.1. The summed E-state index contributed by atoms with van der Waals surface area (Å²) in [6, 6.07) is 0. The van der Waals surface area contributed by atoms with Crippen LogP contribution in [0, 0.1) is 207 Å². The van der Waals surface area contributed by atoms with Crippen LogP contribution < -0.4 is 29.6 Å². The normalized spacial score (nSPS) is 47.3. The molecule has 16 saturated carbocycles. The van der Waals surface area contributed by atoms with E-state index < -0.39 is 39.5 Å². The van der Waals surface area contributed by atoms with Crippen LogP contribution in [0.5, 0.6) is 0 Å². The molecule has 20 rings (SSSR count). The summed E-state index contributed by atoms with van der Waals surface area (Å²) in [6.07, 6.45) is 48.9. The Hall–Kier alpha value is -2.60. The molecule has 0 saturated heterocycles. The summed E-state index contributed by atoms with van der Waals surface area (Å²) in [6.45, 7) is 71.0. The number of esters is 3. The zero-order valence-corrected chi connectivity index (χ0v) is 103. The summed E-state index contributed by atoms with van der Waals surface area (Å²) in [4.78, 5) is 106. The maximum absolute atomic E-state index is 13.6. The second-order valence-electron chi connectivity index (χ2n) is 61.1. The van der Waals surface area contributed by atoms with Gasteiger partial charge in [-0.3, -0.25) is 38.4 Å². The Morgan fingerprint density at radius 2 is 0.579 bits per heavy atom. The monoisotopic (exact) mass is 2150 g/mol. The fourth-order valence-electron chi connectivity index (χ4n) is 42.8. The van der Waals surface area contributed by atoms with E-state index in [0.717, 1.165) is 227 Å². The van der Waals surface area contributed by atoms with Crippen molar-refractivity contribution in [1.82, 2.24) is 0 Å². The first kappa shape index (κ1) is 119. The van der Waals surface area contributed by atoms with Crippen molar-refractivity contribution >= 4 is 78.4 Å². The summed E-state index contributed by atoms with van der Waals surface area (Å²) >= 11 is 2.15. The largest absolute Gasteiger partial charge is 1.00 e. The van der Waals surface area contributed by atoms with Crippen LogP contribution in [0.2, 0.25) is 0 Å². The Kier molecular flexibility index (Phi) is 32.3. The molecule has 2 unspecified atom stereocenters. The van der Waals surface area contributed by atoms with E-state index in [-0.39, 0.29) is 197 Å². The van der Waals surface area contributed by atoms with E-state index in [2.05, 4.69) is 254 Å². The van der Waals surface area contributed by atoms with Gasteiger partial charge in [0.2, 0.25) is 0 Å². The van der Waals surface area contributed by atoms with Gasteiger partial charge in [-0.15, -0.1) is 8.58 Å². The zero-order chi connectivity index (χ0) is 106. The molecule has 16 fully saturated rings. The molecule has 4 N–H and O–H groups in total. The molecule has 814 valence electrons. The molecule has 20 aliphatic carbocycles. The van der Waals surface area contributed by atoms with Gasteiger partial charge in [0.25, 0.3) is 0 Å². The van der Waals surface area contributed by atoms with Crippen LogP contribution in [0.1, 0.15) is 444 Å². The fourth-order valence-corrected chi connectivity index (χ4v) is 42.8. The molecule has 0 aliphatic heterocycles. The number of alkyl halides is 1. The molecule has 0 radical (unpaired) electrons. The van der Waals surface area contributed by atoms with Crippen LogP contribution >= 0.6 is 31.2 Å². The minimum Gasteiger partial charge on any atom is -0.870 e. The number of halogens is 1. The molecule has 145 heavy (non-hydrogen) atoms. The van der Waals surface area contributed by atoms with Crippen LogP contribution in [-0.2, 0) is 52.6 Å². The van der Waals surface area contributed by atoms with E-state index >= 15 is 0 Å². The van der Waals surface area contributed by atoms with E-state index in [1.165, 1.54) is 49.5 Å². The third-order valence-corrected chi connectivity index (χ3v) is 52.3. The first-order valence-electron chi connectivity index (χ1n) is 57.7. The second-order valence-corrected chi connectivity index (χ2v) is 62.1. The minimum atomic E-state index is -0.686. The molecule has 0 heterocycles. The average molecular weight is 2150 g/mol. The fraction of sp³-hybridized carbons (Fsp3) is 0.874. The molecule has 0 aromatic heterocycles. The van der Waals surface area contributed by atoms with E-state index in [0.29, 0.717) is 65.3 Å². The minimum absolute atomic E-state index is 0. The Morgan fingerprint density at radius 1 is 0.324 bits per heavy atom. The van der Waals surface area contributed by atoms with Gasteiger partial charge in [-0.25, -0.2) is 0 Å². The third kappa shape index (κ3) is 17.3. The number of aliphatic hydroxyl groups excluding tert-OH is 1. The number of allylic oxidation sites excluding steroid dienone is 8. The number of aliphatic carboxylic acids is 2. The van der Waals surface area contributed by atoms with Gasteiger partial charge in [0.1, 0.15) is 17.5 Å². The number of carboxylic acid groups (broad SMARTS) is 2. The number of hydrogen-bond donors (Lipinski definition) is 3. The Bertz CT molecular complexity index is 5120. The molecule has 0 aromatic carbocycles. The summed E-state index contributed by atoms with van der Waals surface area (Å²) in [7, 11) is 5.63. The van der Waals surface area contributed by atoms with Crippen molar-refractivity contribution in [2.45, 2.75) is 450 Å². The van der Waals surface area contributed by atoms with Crippen molar-refractivity contribution in [1.29, 1.82) is 0 Å². The number of carbonyl (C=O) groups is 8. The number of carbonyl (C=O) groups excluding carboxylic acids is 6. The van der Waals surface area contributed by atoms with E-state index in [9.17, 15) is 53.7 Å². The van der Waals surface area contributed by atoms with Gasteiger partial charge in [0, 0.05) is 29.1 Å². The predicted octanol–water partition coefficient (Wildman–Crippen LogP) is 27.9. The number of aliphatic hydroxyl groups is 1. The first-order valence-corrected chi connectivity index (χ1v) is 61.9. The third-order valence-electron chi connectivity index (χ3n) is 52.3. The summed E-state index contributed by atoms with van der Waals surface area (Å²) in [5, 5.41) is 31.9. The van der Waals surface area contributed by atoms with Crippen molar-refractivity contribution in [3.63, 3.8) is 0 Å². The van der Waals surface area contributed by atoms with E-state index in [1.54, 1.807) is 19.8 Å². The van der Waals surface area contributed by atoms with Gasteiger partial charge in [-0.1, -0.05) is 263 Å². The van der Waals surface area contributed by atoms with Crippen molar-refractivity contribution in [3.05, 3.63) is 46.6 Å². The van der Waals surface area contributed by atoms with Crippen LogP contribution in [0.25, 0.3) is 0 Å². The molecule has 0 aromatic rings. The molecule has 15 nitrogen and oxygen atoms in total. The van der Waals surface area contributed by atoms with Gasteiger partial charge in [-0.05, 0) is 419 Å². The van der Waals surface area contributed by atoms with Gasteiger partial charge in [0.05, 0.1) is 49.1 Å². The SMILES string of the molecule is CC1(C)CC[C@]2(C(=O)O)CC[C@]3(C)C(=CC[C@@H]4[C@@]5(C)CCC(=O)C(C)(C)[C@@H]5CC[C@]43C)[C@@H]2C1.CC1(C)CC[C@]2(C(=O)O)CC[C@]3(C)C(=CC[C@@H]4[C@@]5(C)CCC(O)C(C)(C)[C@@H]5CC[C@]43C)[C@@H]2C1.CI.COC(=O)C1C[C@]2(C)[C@H]3CC=C4[C@@H]5CC(C)(C)CC[C@]5(C(=O)OC)CC[C@@]4(C)[C@]3(C)CC[C@H]2C(C)(C)C1=O.COC(=O)[C@]12CCC(C)(C)C[C@H]1C1=CC[C@@H]3[C@@]4(C)CCC(=O)C(C)(C)[C@@H]4CC[C@@]3(C)[C@]1(C)CC2.CPC.[Na+].[OH-]. The number of fused-ring (bicyclic) bond motifs is 28. The number of Topliss-reactive ketones (excluding diaryl/α,β-unsaturated/α-hetero) is 3. The Balaban J connectivity index is 0.000000159. The molecule has 20 aliphatic rings. The molecular weight excluding hydrogens is 1950 g/mol. The van der Waals surface area contributed by atoms with Crippen molar-refractivity contribution in [3.8, 4) is 0 Å². The standard InChI is InChI=1S/C33H50O5.C31H48O3.C30H48O3.C30H46O3.C2H7P.CH3I.Na.H2O/c1-28(2)14-16-33(27(36)38-9)17-15-31(6)21(22(33)19-28)10-11-24-30(5)18-20(26(35)37-8)25(34)29(3,4)23(30)12-13-32(24,31)7;1-26(2)15-17-31(25(33)34-8)18-16-29(6)20(21(31)19-26)9-10-23-28(5)13-12-24(32)27(3,4)22(28)11-14-30(23,29)7;2*1-25(2)14-16-30(24(32)33)17-15-28(6)19(20(30)18-25)8-9-22-27(5)12-11-23(31)26(3,4)21(27)10-13-29(22,28)7;1-3-2;1-2;;/h10,20,22-24H,11-19H2,1-9H3;9,21-23H,10-19H2,1-8H3;8,20-23,31H,9-18H2,1-7H3,(H,32,33);8,20-22H,9-18H2,1-7H3,(H,32,33);3H,1-2H3;1H3;;1H2/q;;;;;;+1;/p-1/t20?,22-,23-,24+,30-,31+,32+,33-;21-,22-,23+,28-,29+,30+,31-;20-,21-,22+,23?,27-,28+,29+,30-;20-,21-,22+,27-,28+,29+,30-;;;;/m0000..../s1. The number of hydrogen-bond acceptors (Lipinski definition) is 13. The first-order chi connectivity index (χ1) is 65.9. The predicted molar refractivity (Wildman–Crippen MR) is 589 cm³/mol. The van der Waals surface area contributed by atoms with Crippen molar-refractivity contribution in [2.24, 2.45) is 207 Å². The summed E-state index contributed by atoms with van der Waals surface area (Å²) < 4.78 is 16.1. The smallest absolute Gasteiger partial charge is 0.870 e. The Labute approximate surface area is 917 Å². The number of methoxy groups -OCH3 is 3. The molecule has 0 spiro atoms. The van der Waals surface area contributed by atoms with Gasteiger partial charge < -0.3 is 35.0 Å². The number of ether oxygens (including phenoxy) is 3. The van der Waals surface area contributed by atoms with Crippen LogP contribution in [0.15, 0.2) is 46.6 Å². The Morgan fingerprint density at radius 3 is 0.869 bits per heavy atom. The summed E-state index contributed by atoms with van der Waals surface area (Å²) in [5.41, 5.74) is 5.44. The molecule has 30 atom stereocenters. The maximum Gasteiger partial charge on any atom is 1.00 e. The molecule has 0 bridgehead atoms. The maximum atomic E-state index is 13.6. The van der Waals surface area contributed by atoms with E-state index in [1.807, 2.05) is 4.93 Å². The van der Waals surface area contributed by atoms with Crippen molar-refractivity contribution < 1.29 is 103 Å². The van der Waals surface area contributed by atoms with Gasteiger partial charge >= 0.3 is 59.4 Å². The number of rotatable bonds is 5. The summed E-state index contributed by atoms with van der Waals surface area (Å²) in [5.74, 6) is 3.59. The van der Waals surface area contributed by atoms with Crippen molar-refractivity contribution in [2.75, 3.05) is 39.6 Å². The topological polar surface area (TPSA) is 255 Å². The molecular formula is C127H203INaO15P. The van der Waals surface area contributed by atoms with Gasteiger partial charge in [0.15, 0.2) is 5.78 Å². The van der Waals surface area contributed by atoms with E-state index in [4.69, 9.17) is 14.2 Å². The van der Waals surface area contributed by atoms with Crippen LogP contribution in [-0.4, -0.2) is 114 Å². The number of carboxylic acids is 2. The van der Waals surface area contributed by atoms with Gasteiger partial charge in [-0.2, -0.15) is 0 Å². The molecule has 0 amide bonds. The molecule has 18 heteroatoms. The quantitative estimate of drug-likeness (QED) is 0.0338.